The van der Waals surface area contributed by atoms with Gasteiger partial charge in [0.1, 0.15) is 0 Å². The van der Waals surface area contributed by atoms with Crippen LogP contribution in [0.4, 0.5) is 9.07 Å². The maximum absolute atomic E-state index is 10.8. The van der Waals surface area contributed by atoms with E-state index in [0.717, 1.165) is 6.42 Å². The van der Waals surface area contributed by atoms with Gasteiger partial charge in [0.05, 0.1) is 6.07 Å². The second-order valence-corrected chi connectivity index (χ2v) is 12.8. The van der Waals surface area contributed by atoms with Gasteiger partial charge in [-0.15, -0.1) is 0 Å². The fourth-order valence-electron chi connectivity index (χ4n) is 0.0913. The quantitative estimate of drug-likeness (QED) is 0.666. The average molecular weight is 304 g/mol. The number of hydrogen-bond donors (Lipinski definition) is 0. The van der Waals surface area contributed by atoms with Crippen LogP contribution in [0.5, 0.6) is 0 Å². The number of nitrogens with zero attached hydrogens (tertiary/aromatic N) is 1. The molecule has 0 amide bonds. The maximum atomic E-state index is 10.8. The van der Waals surface area contributed by atoms with Crippen LogP contribution in [0, 0.1) is 17.2 Å². The predicted octanol–water partition coefficient (Wildman–Crippen LogP) is 4.19. The molecule has 0 fully saturated rings. The Kier molecular flexibility index (Phi) is 6.74. The van der Waals surface area contributed by atoms with Crippen molar-refractivity contribution < 1.29 is 24.4 Å². The monoisotopic (exact) mass is 303 g/mol. The van der Waals surface area contributed by atoms with Crippen molar-refractivity contribution in [2.75, 3.05) is 0 Å². The van der Waals surface area contributed by atoms with Gasteiger partial charge in [-0.3, -0.25) is 0 Å². The summed E-state index contributed by atoms with van der Waals surface area (Å²) in [6.07, 6.45) is 0.969. The van der Waals surface area contributed by atoms with Crippen LogP contribution in [0.15, 0.2) is 0 Å². The molecule has 0 radical (unpaired) electrons. The third-order valence-electron chi connectivity index (χ3n) is 0.833. The predicted molar refractivity (Wildman–Crippen MR) is 40.1 cm³/mol. The topological polar surface area (TPSA) is 23.8 Å². The molecule has 0 aromatic heterocycles. The second kappa shape index (κ2) is 5.36. The van der Waals surface area contributed by atoms with E-state index < -0.39 is 15.3 Å². The van der Waals surface area contributed by atoms with Crippen LogP contribution in [0.3, 0.4) is 0 Å². The third kappa shape index (κ3) is 46.2. The summed E-state index contributed by atoms with van der Waals surface area (Å²) in [5, 5.41) is 8.08. The first-order chi connectivity index (χ1) is 5.04. The van der Waals surface area contributed by atoms with Crippen molar-refractivity contribution in [2.45, 2.75) is 20.3 Å². The van der Waals surface area contributed by atoms with Crippen molar-refractivity contribution in [2.24, 2.45) is 5.92 Å². The van der Waals surface area contributed by atoms with E-state index in [9.17, 15) is 9.07 Å². The van der Waals surface area contributed by atoms with Crippen LogP contribution in [0.2, 0.25) is 0 Å². The van der Waals surface area contributed by atoms with E-state index in [4.69, 9.17) is 5.26 Å². The third-order valence-corrected chi connectivity index (χ3v) is 0.833. The van der Waals surface area contributed by atoms with Crippen molar-refractivity contribution in [1.82, 2.24) is 0 Å². The van der Waals surface area contributed by atoms with Crippen molar-refractivity contribution >= 4 is 18.4 Å². The molecule has 0 aliphatic heterocycles. The SMILES string of the molecule is CCC(C)C#N.[F][Nb]([F])([F])([Cl])[Cl]. The van der Waals surface area contributed by atoms with Gasteiger partial charge in [-0.25, -0.2) is 0 Å². The van der Waals surface area contributed by atoms with E-state index in [-0.39, 0.29) is 5.92 Å². The van der Waals surface area contributed by atoms with Crippen LogP contribution in [0.25, 0.3) is 0 Å². The van der Waals surface area contributed by atoms with Gasteiger partial charge in [0.25, 0.3) is 0 Å². The zero-order valence-electron chi connectivity index (χ0n) is 6.57. The zero-order chi connectivity index (χ0) is 10.4. The van der Waals surface area contributed by atoms with Crippen molar-refractivity contribution in [3.8, 4) is 6.07 Å². The van der Waals surface area contributed by atoms with Crippen LogP contribution in [0.1, 0.15) is 20.3 Å². The molecule has 1 nitrogen and oxygen atoms in total. The molecule has 0 heterocycles. The summed E-state index contributed by atoms with van der Waals surface area (Å²) in [6, 6.07) is 2.11. The Hall–Kier alpha value is 0.600. The van der Waals surface area contributed by atoms with Crippen LogP contribution in [-0.2, 0) is 15.3 Å². The summed E-state index contributed by atoms with van der Waals surface area (Å²) < 4.78 is 32.3. The molecule has 0 N–H and O–H groups in total. The Balaban J connectivity index is 0. The van der Waals surface area contributed by atoms with Gasteiger partial charge >= 0.3 is 42.7 Å². The van der Waals surface area contributed by atoms with E-state index in [1.807, 2.05) is 13.8 Å². The van der Waals surface area contributed by atoms with Crippen LogP contribution in [-0.4, -0.2) is 0 Å². The summed E-state index contributed by atoms with van der Waals surface area (Å²) in [4.78, 5) is 0. The van der Waals surface area contributed by atoms with E-state index in [2.05, 4.69) is 24.4 Å². The summed E-state index contributed by atoms with van der Waals surface area (Å²) in [5.41, 5.74) is 0. The minimum atomic E-state index is -7.25. The molecule has 0 aromatic carbocycles. The zero-order valence-corrected chi connectivity index (χ0v) is 10.3. The van der Waals surface area contributed by atoms with E-state index >= 15 is 0 Å². The molecule has 0 aliphatic carbocycles. The molecular formula is C5H9Cl2F3NNb. The Morgan fingerprint density at radius 1 is 1.42 bits per heavy atom. The van der Waals surface area contributed by atoms with Gasteiger partial charge in [0.15, 0.2) is 0 Å². The fourth-order valence-corrected chi connectivity index (χ4v) is 0.0913. The second-order valence-electron chi connectivity index (χ2n) is 2.08. The minimum absolute atomic E-state index is 0.241. The van der Waals surface area contributed by atoms with E-state index in [0.29, 0.717) is 0 Å². The Bertz CT molecular complexity index is 155. The Morgan fingerprint density at radius 3 is 1.67 bits per heavy atom. The Labute approximate surface area is 80.2 Å². The standard InChI is InChI=1S/C5H9N.2ClH.3FH.Nb/c1-3-5(2)4-6;;;;;;/h5H,3H2,1-2H3;5*1H;/q;;;;;;+5/p-5. The van der Waals surface area contributed by atoms with Gasteiger partial charge in [-0.05, 0) is 13.3 Å². The molecule has 1 unspecified atom stereocenters. The first-order valence-electron chi connectivity index (χ1n) is 3.05. The number of hydrogen-bond acceptors (Lipinski definition) is 1. The van der Waals surface area contributed by atoms with Gasteiger partial charge < -0.3 is 0 Å². The van der Waals surface area contributed by atoms with Crippen molar-refractivity contribution in [1.29, 1.82) is 5.26 Å². The normalized spacial score (nSPS) is 16.0. The molecule has 0 saturated carbocycles. The van der Waals surface area contributed by atoms with E-state index in [1.54, 1.807) is 0 Å². The van der Waals surface area contributed by atoms with Gasteiger partial charge in [-0.2, -0.15) is 5.26 Å². The first-order valence-corrected chi connectivity index (χ1v) is 11.2. The number of nitriles is 1. The molecular weight excluding hydrogens is 295 g/mol. The van der Waals surface area contributed by atoms with Crippen LogP contribution < -0.4 is 0 Å². The molecule has 0 aromatic rings. The first kappa shape index (κ1) is 15.1. The van der Waals surface area contributed by atoms with Gasteiger partial charge in [0, 0.05) is 5.92 Å². The van der Waals surface area contributed by atoms with Crippen LogP contribution >= 0.6 is 18.4 Å². The summed E-state index contributed by atoms with van der Waals surface area (Å²) in [7, 11) is 7.51. The molecule has 0 aliphatic rings. The summed E-state index contributed by atoms with van der Waals surface area (Å²) in [5.74, 6) is 0.241. The van der Waals surface area contributed by atoms with Crippen molar-refractivity contribution in [3.05, 3.63) is 0 Å². The Morgan fingerprint density at radius 2 is 1.67 bits per heavy atom. The molecule has 7 heteroatoms. The molecule has 0 spiro atoms. The molecule has 0 bridgehead atoms. The average Bonchev–Trinajstić information content (AvgIpc) is 1.81. The number of rotatable bonds is 1. The molecule has 12 heavy (non-hydrogen) atoms. The molecule has 0 rings (SSSR count). The molecule has 0 saturated heterocycles. The summed E-state index contributed by atoms with van der Waals surface area (Å²) in [6.45, 7) is 3.92. The molecule has 74 valence electrons. The fraction of sp³-hybridized carbons (Fsp3) is 0.800. The number of halogens is 5. The van der Waals surface area contributed by atoms with Crippen molar-refractivity contribution in [3.63, 3.8) is 0 Å². The van der Waals surface area contributed by atoms with Gasteiger partial charge in [-0.1, -0.05) is 6.92 Å². The molecule has 1 atom stereocenters. The van der Waals surface area contributed by atoms with Gasteiger partial charge in [0.2, 0.25) is 0 Å². The van der Waals surface area contributed by atoms with E-state index in [1.165, 1.54) is 0 Å². The summed E-state index contributed by atoms with van der Waals surface area (Å²) >= 11 is -7.25.